The van der Waals surface area contributed by atoms with Crippen molar-refractivity contribution in [3.05, 3.63) is 66.9 Å². The second kappa shape index (κ2) is 9.08. The number of ether oxygens (including phenoxy) is 2. The zero-order valence-corrected chi connectivity index (χ0v) is 19.9. The minimum Gasteiger partial charge on any atom is -0.497 e. The van der Waals surface area contributed by atoms with Crippen molar-refractivity contribution in [2.45, 2.75) is 23.8 Å². The zero-order chi connectivity index (χ0) is 23.7. The quantitative estimate of drug-likeness (QED) is 0.414. The predicted molar refractivity (Wildman–Crippen MR) is 130 cm³/mol. The molecule has 34 heavy (non-hydrogen) atoms. The predicted octanol–water partition coefficient (Wildman–Crippen LogP) is 4.14. The molecule has 0 N–H and O–H groups in total. The first-order valence-electron chi connectivity index (χ1n) is 11.1. The summed E-state index contributed by atoms with van der Waals surface area (Å²) in [5.74, 6) is 1.63. The maximum Gasteiger partial charge on any atom is 0.246 e. The van der Waals surface area contributed by atoms with Gasteiger partial charge in [0.05, 0.1) is 14.2 Å². The summed E-state index contributed by atoms with van der Waals surface area (Å²) in [6.45, 7) is 0.766. The van der Waals surface area contributed by atoms with Crippen LogP contribution in [0.1, 0.15) is 18.9 Å². The number of rotatable bonds is 6. The van der Waals surface area contributed by atoms with Crippen LogP contribution in [0.3, 0.4) is 0 Å². The third kappa shape index (κ3) is 3.91. The van der Waals surface area contributed by atoms with Crippen LogP contribution in [0.4, 0.5) is 0 Å². The second-order valence-electron chi connectivity index (χ2n) is 8.17. The summed E-state index contributed by atoms with van der Waals surface area (Å²) in [6.07, 6.45) is 3.06. The first-order chi connectivity index (χ1) is 16.5. The van der Waals surface area contributed by atoms with Crippen molar-refractivity contribution < 1.29 is 17.9 Å². The summed E-state index contributed by atoms with van der Waals surface area (Å²) in [5, 5.41) is 0. The van der Waals surface area contributed by atoms with Gasteiger partial charge in [-0.2, -0.15) is 4.31 Å². The molecule has 0 bridgehead atoms. The van der Waals surface area contributed by atoms with E-state index < -0.39 is 10.0 Å². The summed E-state index contributed by atoms with van der Waals surface area (Å²) in [7, 11) is -0.768. The lowest BCUT2D eigenvalue weighted by molar-refractivity contribution is 0.277. The SMILES string of the molecule is COc1ccc(OC)c(S(=O)(=O)N2CCC(n3c(-c4ccccc4)nc4cccnc43)CC2)c1. The van der Waals surface area contributed by atoms with E-state index in [4.69, 9.17) is 14.5 Å². The van der Waals surface area contributed by atoms with Crippen LogP contribution in [0.2, 0.25) is 0 Å². The molecule has 3 heterocycles. The van der Waals surface area contributed by atoms with Gasteiger partial charge in [0, 0.05) is 37.0 Å². The number of benzene rings is 2. The number of aromatic nitrogens is 3. The molecule has 5 rings (SSSR count). The van der Waals surface area contributed by atoms with Crippen molar-refractivity contribution in [1.29, 1.82) is 0 Å². The van der Waals surface area contributed by atoms with Crippen molar-refractivity contribution in [3.63, 3.8) is 0 Å². The number of pyridine rings is 1. The lowest BCUT2D eigenvalue weighted by Crippen LogP contribution is -2.39. The Morgan fingerprint density at radius 3 is 2.41 bits per heavy atom. The molecule has 176 valence electrons. The molecule has 0 unspecified atom stereocenters. The molecule has 1 saturated heterocycles. The van der Waals surface area contributed by atoms with E-state index in [-0.39, 0.29) is 10.9 Å². The number of hydrogen-bond donors (Lipinski definition) is 0. The minimum atomic E-state index is -3.75. The molecule has 0 aliphatic carbocycles. The lowest BCUT2D eigenvalue weighted by atomic mass is 10.1. The highest BCUT2D eigenvalue weighted by molar-refractivity contribution is 7.89. The topological polar surface area (TPSA) is 86.5 Å². The maximum absolute atomic E-state index is 13.5. The van der Waals surface area contributed by atoms with Crippen molar-refractivity contribution in [3.8, 4) is 22.9 Å². The Kier molecular flexibility index (Phi) is 5.97. The molecule has 8 nitrogen and oxygen atoms in total. The fraction of sp³-hybridized carbons (Fsp3) is 0.280. The van der Waals surface area contributed by atoms with Gasteiger partial charge in [-0.15, -0.1) is 0 Å². The van der Waals surface area contributed by atoms with Gasteiger partial charge in [0.1, 0.15) is 27.7 Å². The third-order valence-corrected chi connectivity index (χ3v) is 8.18. The fourth-order valence-electron chi connectivity index (χ4n) is 4.53. The standard InChI is InChI=1S/C25H26N4O4S/c1-32-20-10-11-22(33-2)23(17-20)34(30,31)28-15-12-19(13-16-28)29-24(18-7-4-3-5-8-18)27-21-9-6-14-26-25(21)29/h3-11,14,17,19H,12-13,15-16H2,1-2H3. The van der Waals surface area contributed by atoms with Crippen LogP contribution in [0.5, 0.6) is 11.5 Å². The number of methoxy groups -OCH3 is 2. The van der Waals surface area contributed by atoms with Gasteiger partial charge >= 0.3 is 0 Å². The molecular formula is C25H26N4O4S. The van der Waals surface area contributed by atoms with Crippen LogP contribution in [0, 0.1) is 0 Å². The van der Waals surface area contributed by atoms with Crippen LogP contribution in [-0.4, -0.2) is 54.6 Å². The number of sulfonamides is 1. The molecule has 1 fully saturated rings. The van der Waals surface area contributed by atoms with Crippen LogP contribution in [-0.2, 0) is 10.0 Å². The van der Waals surface area contributed by atoms with Gasteiger partial charge in [-0.05, 0) is 37.1 Å². The highest BCUT2D eigenvalue weighted by Crippen LogP contribution is 2.36. The summed E-state index contributed by atoms with van der Waals surface area (Å²) >= 11 is 0. The summed E-state index contributed by atoms with van der Waals surface area (Å²) in [6, 6.07) is 18.8. The maximum atomic E-state index is 13.5. The van der Waals surface area contributed by atoms with E-state index in [0.717, 1.165) is 22.6 Å². The minimum absolute atomic E-state index is 0.0776. The molecule has 0 spiro atoms. The van der Waals surface area contributed by atoms with Crippen LogP contribution < -0.4 is 9.47 Å². The largest absolute Gasteiger partial charge is 0.497 e. The van der Waals surface area contributed by atoms with E-state index in [1.165, 1.54) is 24.6 Å². The molecular weight excluding hydrogens is 452 g/mol. The molecule has 9 heteroatoms. The molecule has 2 aromatic heterocycles. The van der Waals surface area contributed by atoms with E-state index in [1.807, 2.05) is 42.5 Å². The average Bonchev–Trinajstić information content (AvgIpc) is 3.28. The Labute approximate surface area is 198 Å². The smallest absolute Gasteiger partial charge is 0.246 e. The van der Waals surface area contributed by atoms with E-state index in [1.54, 1.807) is 18.3 Å². The molecule has 0 saturated carbocycles. The zero-order valence-electron chi connectivity index (χ0n) is 19.1. The lowest BCUT2D eigenvalue weighted by Gasteiger charge is -2.33. The van der Waals surface area contributed by atoms with Gasteiger partial charge in [-0.3, -0.25) is 0 Å². The molecule has 4 aromatic rings. The van der Waals surface area contributed by atoms with Gasteiger partial charge in [0.25, 0.3) is 0 Å². The third-order valence-electron chi connectivity index (χ3n) is 6.26. The van der Waals surface area contributed by atoms with Gasteiger partial charge in [-0.1, -0.05) is 30.3 Å². The Morgan fingerprint density at radius 2 is 1.71 bits per heavy atom. The van der Waals surface area contributed by atoms with Crippen molar-refractivity contribution in [2.75, 3.05) is 27.3 Å². The molecule has 1 aliphatic heterocycles. The number of imidazole rings is 1. The molecule has 0 radical (unpaired) electrons. The van der Waals surface area contributed by atoms with E-state index in [0.29, 0.717) is 37.4 Å². The molecule has 1 aliphatic rings. The van der Waals surface area contributed by atoms with Crippen LogP contribution in [0.15, 0.2) is 71.8 Å². The number of hydrogen-bond acceptors (Lipinski definition) is 6. The summed E-state index contributed by atoms with van der Waals surface area (Å²) in [4.78, 5) is 9.57. The van der Waals surface area contributed by atoms with E-state index in [9.17, 15) is 8.42 Å². The van der Waals surface area contributed by atoms with Crippen LogP contribution >= 0.6 is 0 Å². The monoisotopic (exact) mass is 478 g/mol. The highest BCUT2D eigenvalue weighted by atomic mass is 32.2. The Balaban J connectivity index is 1.46. The van der Waals surface area contributed by atoms with E-state index >= 15 is 0 Å². The number of piperidine rings is 1. The van der Waals surface area contributed by atoms with Crippen molar-refractivity contribution in [2.24, 2.45) is 0 Å². The first kappa shape index (κ1) is 22.4. The van der Waals surface area contributed by atoms with Gasteiger partial charge < -0.3 is 14.0 Å². The fourth-order valence-corrected chi connectivity index (χ4v) is 6.17. The van der Waals surface area contributed by atoms with Gasteiger partial charge in [-0.25, -0.2) is 18.4 Å². The second-order valence-corrected chi connectivity index (χ2v) is 10.1. The van der Waals surface area contributed by atoms with Gasteiger partial charge in [0.15, 0.2) is 5.65 Å². The normalized spacial score (nSPS) is 15.5. The Morgan fingerprint density at radius 1 is 0.941 bits per heavy atom. The molecule has 0 amide bonds. The molecule has 2 aromatic carbocycles. The number of nitrogens with zero attached hydrogens (tertiary/aromatic N) is 4. The Hall–Kier alpha value is -3.43. The highest BCUT2D eigenvalue weighted by Gasteiger charge is 2.34. The van der Waals surface area contributed by atoms with Crippen LogP contribution in [0.25, 0.3) is 22.6 Å². The van der Waals surface area contributed by atoms with Crippen molar-refractivity contribution in [1.82, 2.24) is 18.8 Å². The summed E-state index contributed by atoms with van der Waals surface area (Å²) < 4.78 is 41.2. The first-order valence-corrected chi connectivity index (χ1v) is 12.6. The average molecular weight is 479 g/mol. The van der Waals surface area contributed by atoms with Gasteiger partial charge in [0.2, 0.25) is 10.0 Å². The summed E-state index contributed by atoms with van der Waals surface area (Å²) in [5.41, 5.74) is 2.66. The molecule has 0 atom stereocenters. The van der Waals surface area contributed by atoms with Crippen molar-refractivity contribution >= 4 is 21.2 Å². The Bertz CT molecular complexity index is 1410. The number of fused-ring (bicyclic) bond motifs is 1. The van der Waals surface area contributed by atoms with E-state index in [2.05, 4.69) is 9.55 Å².